The van der Waals surface area contributed by atoms with Gasteiger partial charge in [0.1, 0.15) is 6.26 Å². The molecule has 0 unspecified atom stereocenters. The van der Waals surface area contributed by atoms with Crippen LogP contribution in [0.3, 0.4) is 0 Å². The number of nitrogens with zero attached hydrogens (tertiary/aromatic N) is 5. The minimum absolute atomic E-state index is 0.339. The largest absolute Gasteiger partial charge is 0.445 e. The zero-order chi connectivity index (χ0) is 18.8. The fraction of sp³-hybridized carbons (Fsp3) is 0.263. The summed E-state index contributed by atoms with van der Waals surface area (Å²) in [5, 5.41) is 8.60. The molecule has 7 nitrogen and oxygen atoms in total. The molecule has 0 bridgehead atoms. The predicted octanol–water partition coefficient (Wildman–Crippen LogP) is 4.24. The Morgan fingerprint density at radius 3 is 2.81 bits per heavy atom. The molecule has 138 valence electrons. The summed E-state index contributed by atoms with van der Waals surface area (Å²) in [6.45, 7) is 4.84. The molecule has 3 heterocycles. The number of benzene rings is 1. The van der Waals surface area contributed by atoms with Crippen LogP contribution in [0.2, 0.25) is 0 Å². The lowest BCUT2D eigenvalue weighted by molar-refractivity contribution is 0.574. The zero-order valence-corrected chi connectivity index (χ0v) is 16.2. The summed E-state index contributed by atoms with van der Waals surface area (Å²) in [5.74, 6) is 1.61. The maximum absolute atomic E-state index is 5.46. The first-order valence-corrected chi connectivity index (χ1v) is 9.91. The molecule has 0 aliphatic heterocycles. The van der Waals surface area contributed by atoms with Crippen molar-refractivity contribution in [2.24, 2.45) is 0 Å². The van der Waals surface area contributed by atoms with Gasteiger partial charge in [-0.15, -0.1) is 0 Å². The molecule has 0 radical (unpaired) electrons. The van der Waals surface area contributed by atoms with Crippen LogP contribution >= 0.6 is 11.8 Å². The molecule has 3 aromatic heterocycles. The molecule has 0 aliphatic rings. The molecule has 0 atom stereocenters. The molecule has 8 heteroatoms. The number of anilines is 1. The molecule has 4 aromatic rings. The van der Waals surface area contributed by atoms with E-state index in [0.717, 1.165) is 22.3 Å². The van der Waals surface area contributed by atoms with Gasteiger partial charge in [0.2, 0.25) is 11.8 Å². The van der Waals surface area contributed by atoms with Crippen molar-refractivity contribution < 1.29 is 4.42 Å². The summed E-state index contributed by atoms with van der Waals surface area (Å²) < 4.78 is 7.23. The lowest BCUT2D eigenvalue weighted by Gasteiger charge is -2.11. The van der Waals surface area contributed by atoms with E-state index in [0.29, 0.717) is 29.5 Å². The van der Waals surface area contributed by atoms with Crippen molar-refractivity contribution in [1.29, 1.82) is 0 Å². The van der Waals surface area contributed by atoms with Gasteiger partial charge in [0.15, 0.2) is 10.8 Å². The van der Waals surface area contributed by atoms with E-state index in [1.54, 1.807) is 17.0 Å². The number of hydrogen-bond donors (Lipinski definition) is 1. The van der Waals surface area contributed by atoms with E-state index >= 15 is 0 Å². The first-order valence-electron chi connectivity index (χ1n) is 8.68. The van der Waals surface area contributed by atoms with E-state index in [1.165, 1.54) is 11.8 Å². The molecule has 0 amide bonds. The second-order valence-electron chi connectivity index (χ2n) is 6.37. The molecule has 27 heavy (non-hydrogen) atoms. The molecular formula is C19H20N6OS. The van der Waals surface area contributed by atoms with Crippen LogP contribution in [0.5, 0.6) is 0 Å². The first kappa shape index (κ1) is 17.5. The SMILES string of the molecule is CSc1nc(NCc2ccccc2-c2ncco2)n2ncc(C(C)C)c2n1. The highest BCUT2D eigenvalue weighted by Gasteiger charge is 2.15. The monoisotopic (exact) mass is 380 g/mol. The number of thioether (sulfide) groups is 1. The van der Waals surface area contributed by atoms with Crippen molar-refractivity contribution in [3.8, 4) is 11.5 Å². The van der Waals surface area contributed by atoms with E-state index in [9.17, 15) is 0 Å². The van der Waals surface area contributed by atoms with Crippen LogP contribution in [0.4, 0.5) is 5.95 Å². The molecule has 0 spiro atoms. The average Bonchev–Trinajstić information content (AvgIpc) is 3.36. The third-order valence-electron chi connectivity index (χ3n) is 4.30. The number of fused-ring (bicyclic) bond motifs is 1. The fourth-order valence-corrected chi connectivity index (χ4v) is 3.26. The normalized spacial score (nSPS) is 11.4. The lowest BCUT2D eigenvalue weighted by Crippen LogP contribution is -2.10. The van der Waals surface area contributed by atoms with Gasteiger partial charge in [0, 0.05) is 17.7 Å². The topological polar surface area (TPSA) is 81.1 Å². The Morgan fingerprint density at radius 2 is 2.07 bits per heavy atom. The lowest BCUT2D eigenvalue weighted by atomic mass is 10.1. The fourth-order valence-electron chi connectivity index (χ4n) is 2.90. The molecule has 0 aliphatic carbocycles. The van der Waals surface area contributed by atoms with Crippen molar-refractivity contribution in [2.45, 2.75) is 31.5 Å². The predicted molar refractivity (Wildman–Crippen MR) is 106 cm³/mol. The molecule has 0 fully saturated rings. The Morgan fingerprint density at radius 1 is 1.22 bits per heavy atom. The average molecular weight is 380 g/mol. The van der Waals surface area contributed by atoms with Gasteiger partial charge in [-0.3, -0.25) is 0 Å². The van der Waals surface area contributed by atoms with Crippen LogP contribution in [0.25, 0.3) is 17.1 Å². The Kier molecular flexibility index (Phi) is 4.81. The van der Waals surface area contributed by atoms with Gasteiger partial charge < -0.3 is 9.73 Å². The Hall–Kier alpha value is -2.87. The van der Waals surface area contributed by atoms with Crippen LogP contribution in [0.1, 0.15) is 30.9 Å². The standard InChI is InChI=1S/C19H20N6OS/c1-12(2)15-11-22-25-16(15)23-19(27-3)24-18(25)21-10-13-6-4-5-7-14(13)17-20-8-9-26-17/h4-9,11-12H,10H2,1-3H3,(H,21,23,24). The highest BCUT2D eigenvalue weighted by atomic mass is 32.2. The first-order chi connectivity index (χ1) is 13.2. The van der Waals surface area contributed by atoms with Gasteiger partial charge in [-0.1, -0.05) is 43.8 Å². The second-order valence-corrected chi connectivity index (χ2v) is 7.15. The summed E-state index contributed by atoms with van der Waals surface area (Å²) in [5.41, 5.74) is 3.96. The molecular weight excluding hydrogens is 360 g/mol. The molecule has 1 N–H and O–H groups in total. The van der Waals surface area contributed by atoms with Gasteiger partial charge in [0.25, 0.3) is 0 Å². The number of nitrogens with one attached hydrogen (secondary N) is 1. The maximum Gasteiger partial charge on any atom is 0.228 e. The van der Waals surface area contributed by atoms with Crippen molar-refractivity contribution in [1.82, 2.24) is 24.6 Å². The molecule has 0 saturated carbocycles. The quantitative estimate of drug-likeness (QED) is 0.501. The third-order valence-corrected chi connectivity index (χ3v) is 4.84. The van der Waals surface area contributed by atoms with Crippen LogP contribution in [-0.2, 0) is 6.54 Å². The van der Waals surface area contributed by atoms with Crippen molar-refractivity contribution in [3.63, 3.8) is 0 Å². The van der Waals surface area contributed by atoms with Crippen LogP contribution in [0, 0.1) is 0 Å². The molecule has 1 aromatic carbocycles. The van der Waals surface area contributed by atoms with Crippen LogP contribution in [0.15, 0.2) is 52.5 Å². The number of hydrogen-bond acceptors (Lipinski definition) is 7. The summed E-state index contributed by atoms with van der Waals surface area (Å²) in [6.07, 6.45) is 7.06. The van der Waals surface area contributed by atoms with Gasteiger partial charge in [-0.05, 0) is 23.8 Å². The highest BCUT2D eigenvalue weighted by molar-refractivity contribution is 7.98. The minimum Gasteiger partial charge on any atom is -0.445 e. The minimum atomic E-state index is 0.339. The summed E-state index contributed by atoms with van der Waals surface area (Å²) >= 11 is 1.52. The van der Waals surface area contributed by atoms with E-state index in [1.807, 2.05) is 36.7 Å². The van der Waals surface area contributed by atoms with Gasteiger partial charge in [0.05, 0.1) is 12.4 Å². The summed E-state index contributed by atoms with van der Waals surface area (Å²) in [6, 6.07) is 8.01. The molecule has 4 rings (SSSR count). The van der Waals surface area contributed by atoms with Crippen LogP contribution < -0.4 is 5.32 Å². The number of oxazole rings is 1. The van der Waals surface area contributed by atoms with E-state index in [-0.39, 0.29) is 0 Å². The van der Waals surface area contributed by atoms with E-state index in [4.69, 9.17) is 4.42 Å². The number of aromatic nitrogens is 5. The van der Waals surface area contributed by atoms with Gasteiger partial charge in [-0.2, -0.15) is 14.6 Å². The summed E-state index contributed by atoms with van der Waals surface area (Å²) in [4.78, 5) is 13.5. The Bertz CT molecular complexity index is 1060. The van der Waals surface area contributed by atoms with Crippen molar-refractivity contribution in [2.75, 3.05) is 11.6 Å². The number of rotatable bonds is 6. The molecule has 0 saturated heterocycles. The van der Waals surface area contributed by atoms with E-state index in [2.05, 4.69) is 39.2 Å². The zero-order valence-electron chi connectivity index (χ0n) is 15.4. The highest BCUT2D eigenvalue weighted by Crippen LogP contribution is 2.25. The van der Waals surface area contributed by atoms with Crippen molar-refractivity contribution in [3.05, 3.63) is 54.0 Å². The Balaban J connectivity index is 1.69. The van der Waals surface area contributed by atoms with Crippen molar-refractivity contribution >= 4 is 23.4 Å². The van der Waals surface area contributed by atoms with Crippen LogP contribution in [-0.4, -0.2) is 30.8 Å². The summed E-state index contributed by atoms with van der Waals surface area (Å²) in [7, 11) is 0. The van der Waals surface area contributed by atoms with Gasteiger partial charge >= 0.3 is 0 Å². The Labute approximate surface area is 161 Å². The smallest absolute Gasteiger partial charge is 0.228 e. The third kappa shape index (κ3) is 3.40. The second kappa shape index (κ2) is 7.40. The van der Waals surface area contributed by atoms with Gasteiger partial charge in [-0.25, -0.2) is 9.97 Å². The van der Waals surface area contributed by atoms with E-state index < -0.39 is 0 Å². The maximum atomic E-state index is 5.46.